The third-order valence-corrected chi connectivity index (χ3v) is 5.29. The summed E-state index contributed by atoms with van der Waals surface area (Å²) >= 11 is 1.75. The lowest BCUT2D eigenvalue weighted by molar-refractivity contribution is 0.114. The maximum Gasteiger partial charge on any atom is 0.193 e. The number of nitrogens with zero attached hydrogens (tertiary/aromatic N) is 3. The number of aromatic nitrogens is 1. The van der Waals surface area contributed by atoms with Gasteiger partial charge < -0.3 is 15.0 Å². The van der Waals surface area contributed by atoms with Gasteiger partial charge in [0.05, 0.1) is 17.3 Å². The van der Waals surface area contributed by atoms with Crippen LogP contribution < -0.4 is 5.32 Å². The van der Waals surface area contributed by atoms with Gasteiger partial charge in [0, 0.05) is 55.9 Å². The lowest BCUT2D eigenvalue weighted by Gasteiger charge is -2.21. The number of thiazole rings is 1. The Kier molecular flexibility index (Phi) is 10.4. The molecule has 1 aromatic heterocycles. The average Bonchev–Trinajstić information content (AvgIpc) is 3.21. The Balaban J connectivity index is 0.00000338. The van der Waals surface area contributed by atoms with Crippen molar-refractivity contribution in [1.82, 2.24) is 15.2 Å². The first-order valence-corrected chi connectivity index (χ1v) is 10.4. The van der Waals surface area contributed by atoms with E-state index in [-0.39, 0.29) is 29.4 Å². The number of nitrogens with one attached hydrogen (secondary N) is 1. The maximum absolute atomic E-state index is 5.58. The fourth-order valence-corrected chi connectivity index (χ4v) is 3.91. The zero-order valence-electron chi connectivity index (χ0n) is 16.9. The van der Waals surface area contributed by atoms with E-state index in [0.717, 1.165) is 51.8 Å². The van der Waals surface area contributed by atoms with Crippen molar-refractivity contribution >= 4 is 41.3 Å². The lowest BCUT2D eigenvalue weighted by atomic mass is 9.93. The number of guanidine groups is 1. The zero-order valence-corrected chi connectivity index (χ0v) is 20.0. The van der Waals surface area contributed by atoms with E-state index >= 15 is 0 Å². The summed E-state index contributed by atoms with van der Waals surface area (Å²) in [6.45, 7) is 16.3. The Labute approximate surface area is 180 Å². The SMILES string of the molecule is CCNC(=NCCc1nc(C(C)(C)C)cs1)N1CCC(COCC)C1.I. The summed E-state index contributed by atoms with van der Waals surface area (Å²) < 4.78 is 5.58. The lowest BCUT2D eigenvalue weighted by Crippen LogP contribution is -2.40. The minimum atomic E-state index is 0. The largest absolute Gasteiger partial charge is 0.381 e. The number of ether oxygens (including phenoxy) is 1. The Morgan fingerprint density at radius 3 is 2.81 bits per heavy atom. The van der Waals surface area contributed by atoms with Crippen LogP contribution in [0.25, 0.3) is 0 Å². The van der Waals surface area contributed by atoms with Crippen molar-refractivity contribution in [3.63, 3.8) is 0 Å². The van der Waals surface area contributed by atoms with Crippen molar-refractivity contribution < 1.29 is 4.74 Å². The van der Waals surface area contributed by atoms with Crippen LogP contribution in [0, 0.1) is 5.92 Å². The van der Waals surface area contributed by atoms with Crippen molar-refractivity contribution in [2.75, 3.05) is 39.4 Å². The highest BCUT2D eigenvalue weighted by molar-refractivity contribution is 14.0. The molecule has 1 N–H and O–H groups in total. The van der Waals surface area contributed by atoms with E-state index in [0.29, 0.717) is 5.92 Å². The van der Waals surface area contributed by atoms with E-state index in [4.69, 9.17) is 14.7 Å². The van der Waals surface area contributed by atoms with Gasteiger partial charge in [-0.3, -0.25) is 4.99 Å². The fourth-order valence-electron chi connectivity index (χ4n) is 2.90. The zero-order chi connectivity index (χ0) is 18.3. The van der Waals surface area contributed by atoms with Gasteiger partial charge in [-0.15, -0.1) is 35.3 Å². The topological polar surface area (TPSA) is 49.8 Å². The number of aliphatic imine (C=N–C) groups is 1. The molecule has 0 bridgehead atoms. The molecule has 1 aromatic rings. The van der Waals surface area contributed by atoms with Crippen LogP contribution in [-0.2, 0) is 16.6 Å². The van der Waals surface area contributed by atoms with Crippen LogP contribution in [-0.4, -0.2) is 55.2 Å². The molecule has 7 heteroatoms. The summed E-state index contributed by atoms with van der Waals surface area (Å²) in [6, 6.07) is 0. The molecule has 0 saturated carbocycles. The van der Waals surface area contributed by atoms with E-state index in [1.807, 2.05) is 0 Å². The molecule has 0 aromatic carbocycles. The monoisotopic (exact) mass is 494 g/mol. The van der Waals surface area contributed by atoms with Gasteiger partial charge >= 0.3 is 0 Å². The first-order valence-electron chi connectivity index (χ1n) is 9.50. The van der Waals surface area contributed by atoms with Crippen LogP contribution in [0.3, 0.4) is 0 Å². The van der Waals surface area contributed by atoms with Crippen LogP contribution >= 0.6 is 35.3 Å². The number of hydrogen-bond acceptors (Lipinski definition) is 4. The summed E-state index contributed by atoms with van der Waals surface area (Å²) in [5, 5.41) is 6.80. The van der Waals surface area contributed by atoms with Crippen molar-refractivity contribution in [1.29, 1.82) is 0 Å². The quantitative estimate of drug-likeness (QED) is 0.355. The molecule has 0 amide bonds. The summed E-state index contributed by atoms with van der Waals surface area (Å²) in [7, 11) is 0. The van der Waals surface area contributed by atoms with Crippen LogP contribution in [0.2, 0.25) is 0 Å². The Hall–Kier alpha value is -0.410. The number of hydrogen-bond donors (Lipinski definition) is 1. The second-order valence-corrected chi connectivity index (χ2v) is 8.56. The van der Waals surface area contributed by atoms with E-state index in [1.54, 1.807) is 11.3 Å². The van der Waals surface area contributed by atoms with Gasteiger partial charge in [-0.05, 0) is 20.3 Å². The molecule has 1 fully saturated rings. The second-order valence-electron chi connectivity index (χ2n) is 7.62. The summed E-state index contributed by atoms with van der Waals surface area (Å²) in [5.41, 5.74) is 1.31. The van der Waals surface area contributed by atoms with E-state index in [2.05, 4.69) is 50.2 Å². The minimum Gasteiger partial charge on any atom is -0.381 e. The molecule has 2 rings (SSSR count). The Morgan fingerprint density at radius 1 is 1.42 bits per heavy atom. The van der Waals surface area contributed by atoms with E-state index < -0.39 is 0 Å². The van der Waals surface area contributed by atoms with Gasteiger partial charge in [0.15, 0.2) is 5.96 Å². The van der Waals surface area contributed by atoms with Gasteiger partial charge in [-0.25, -0.2) is 4.98 Å². The van der Waals surface area contributed by atoms with E-state index in [1.165, 1.54) is 17.1 Å². The third kappa shape index (κ3) is 7.31. The van der Waals surface area contributed by atoms with Crippen LogP contribution in [0.5, 0.6) is 0 Å². The molecule has 0 radical (unpaired) electrons. The van der Waals surface area contributed by atoms with Crippen molar-refractivity contribution in [2.45, 2.75) is 52.9 Å². The van der Waals surface area contributed by atoms with Gasteiger partial charge in [-0.2, -0.15) is 0 Å². The smallest absolute Gasteiger partial charge is 0.193 e. The highest BCUT2D eigenvalue weighted by Gasteiger charge is 2.24. The predicted molar refractivity (Wildman–Crippen MR) is 122 cm³/mol. The van der Waals surface area contributed by atoms with Crippen LogP contribution in [0.15, 0.2) is 10.4 Å². The molecule has 5 nitrogen and oxygen atoms in total. The summed E-state index contributed by atoms with van der Waals surface area (Å²) in [6.07, 6.45) is 2.09. The molecule has 150 valence electrons. The predicted octanol–water partition coefficient (Wildman–Crippen LogP) is 3.93. The normalized spacial score (nSPS) is 18.1. The number of rotatable bonds is 7. The fraction of sp³-hybridized carbons (Fsp3) is 0.789. The Morgan fingerprint density at radius 2 is 2.19 bits per heavy atom. The van der Waals surface area contributed by atoms with E-state index in [9.17, 15) is 0 Å². The van der Waals surface area contributed by atoms with Gasteiger partial charge in [-0.1, -0.05) is 20.8 Å². The second kappa shape index (κ2) is 11.4. The molecule has 2 heterocycles. The Bertz CT molecular complexity index is 556. The maximum atomic E-state index is 5.58. The average molecular weight is 494 g/mol. The highest BCUT2D eigenvalue weighted by atomic mass is 127. The minimum absolute atomic E-state index is 0. The number of likely N-dealkylation sites (tertiary alicyclic amines) is 1. The van der Waals surface area contributed by atoms with Crippen LogP contribution in [0.4, 0.5) is 0 Å². The molecular weight excluding hydrogens is 459 g/mol. The molecular formula is C19H35IN4OS. The summed E-state index contributed by atoms with van der Waals surface area (Å²) in [4.78, 5) is 12.0. The molecule has 1 unspecified atom stereocenters. The van der Waals surface area contributed by atoms with Crippen LogP contribution in [0.1, 0.15) is 51.7 Å². The molecule has 1 aliphatic rings. The molecule has 0 aliphatic carbocycles. The molecule has 1 aliphatic heterocycles. The van der Waals surface area contributed by atoms with Gasteiger partial charge in [0.25, 0.3) is 0 Å². The highest BCUT2D eigenvalue weighted by Crippen LogP contribution is 2.24. The van der Waals surface area contributed by atoms with Crippen molar-refractivity contribution in [3.8, 4) is 0 Å². The van der Waals surface area contributed by atoms with Gasteiger partial charge in [0.2, 0.25) is 0 Å². The molecule has 1 saturated heterocycles. The van der Waals surface area contributed by atoms with Crippen molar-refractivity contribution in [3.05, 3.63) is 16.1 Å². The van der Waals surface area contributed by atoms with Crippen molar-refractivity contribution in [2.24, 2.45) is 10.9 Å². The molecule has 0 spiro atoms. The third-order valence-electron chi connectivity index (χ3n) is 4.39. The molecule has 1 atom stereocenters. The first-order chi connectivity index (χ1) is 11.9. The number of halogens is 1. The summed E-state index contributed by atoms with van der Waals surface area (Å²) in [5.74, 6) is 1.66. The first kappa shape index (κ1) is 23.6. The molecule has 26 heavy (non-hydrogen) atoms. The van der Waals surface area contributed by atoms with Gasteiger partial charge in [0.1, 0.15) is 0 Å². The standard InChI is InChI=1S/C19H34N4OS.HI/c1-6-20-18(23-11-9-15(12-23)13-24-7-2)21-10-8-17-22-16(14-25-17)19(3,4)5;/h14-15H,6-13H2,1-5H3,(H,20,21);1H.